The zero-order valence-corrected chi connectivity index (χ0v) is 17.6. The van der Waals surface area contributed by atoms with Gasteiger partial charge in [0, 0.05) is 51.9 Å². The van der Waals surface area contributed by atoms with Crippen molar-refractivity contribution in [2.75, 3.05) is 5.32 Å². The lowest BCUT2D eigenvalue weighted by atomic mass is 9.99. The normalized spacial score (nSPS) is 14.5. The van der Waals surface area contributed by atoms with Crippen LogP contribution in [0.4, 0.5) is 11.4 Å². The number of thiazole rings is 1. The van der Waals surface area contributed by atoms with E-state index in [1.165, 1.54) is 5.41 Å². The minimum Gasteiger partial charge on any atom is -0.355 e. The summed E-state index contributed by atoms with van der Waals surface area (Å²) in [5.74, 6) is 0. The molecule has 0 unspecified atom stereocenters. The molecule has 5 aromatic rings. The van der Waals surface area contributed by atoms with E-state index in [9.17, 15) is 8.42 Å². The van der Waals surface area contributed by atoms with E-state index < -0.39 is 9.84 Å². The number of anilines is 2. The Balaban J connectivity index is 1.50. The highest BCUT2D eigenvalue weighted by molar-refractivity contribution is 7.95. The molecule has 1 aliphatic heterocycles. The van der Waals surface area contributed by atoms with Gasteiger partial charge in [-0.05, 0) is 54.1 Å². The van der Waals surface area contributed by atoms with Gasteiger partial charge in [0.25, 0.3) is 0 Å². The summed E-state index contributed by atoms with van der Waals surface area (Å²) < 4.78 is 27.0. The van der Waals surface area contributed by atoms with E-state index in [1.54, 1.807) is 48.1 Å². The summed E-state index contributed by atoms with van der Waals surface area (Å²) in [6.45, 7) is 0. The molecule has 0 bridgehead atoms. The summed E-state index contributed by atoms with van der Waals surface area (Å²) in [5, 5.41) is 5.47. The summed E-state index contributed by atoms with van der Waals surface area (Å²) in [6.07, 6.45) is 5.03. The molecule has 0 saturated heterocycles. The van der Waals surface area contributed by atoms with Gasteiger partial charge in [0.15, 0.2) is 0 Å². The number of nitrogens with one attached hydrogen (secondary N) is 1. The van der Waals surface area contributed by atoms with Crippen LogP contribution in [-0.2, 0) is 9.84 Å². The van der Waals surface area contributed by atoms with Crippen LogP contribution >= 0.6 is 11.3 Å². The smallest absolute Gasteiger partial charge is 0.201 e. The van der Waals surface area contributed by atoms with Crippen LogP contribution in [0.2, 0.25) is 0 Å². The second kappa shape index (κ2) is 6.69. The first-order valence-corrected chi connectivity index (χ1v) is 11.9. The minimum atomic E-state index is -3.55. The number of rotatable bonds is 3. The van der Waals surface area contributed by atoms with Gasteiger partial charge in [0.1, 0.15) is 0 Å². The van der Waals surface area contributed by atoms with Gasteiger partial charge in [-0.2, -0.15) is 0 Å². The van der Waals surface area contributed by atoms with Crippen molar-refractivity contribution in [3.05, 3.63) is 89.2 Å². The summed E-state index contributed by atoms with van der Waals surface area (Å²) in [5.41, 5.74) is 7.25. The van der Waals surface area contributed by atoms with Crippen LogP contribution in [0, 0.1) is 0 Å². The largest absolute Gasteiger partial charge is 0.355 e. The monoisotopic (exact) mass is 442 g/mol. The molecule has 0 fully saturated rings. The van der Waals surface area contributed by atoms with E-state index >= 15 is 0 Å². The van der Waals surface area contributed by atoms with Gasteiger partial charge in [0.2, 0.25) is 9.84 Å². The number of nitrogens with zero attached hydrogens (tertiary/aromatic N) is 3. The third-order valence-electron chi connectivity index (χ3n) is 5.31. The van der Waals surface area contributed by atoms with Crippen LogP contribution in [0.1, 0.15) is 11.1 Å². The molecule has 0 saturated carbocycles. The number of aromatic nitrogens is 3. The number of hydrogen-bond donors (Lipinski definition) is 1. The third-order valence-corrected chi connectivity index (χ3v) is 7.62. The number of sulfone groups is 1. The molecule has 0 atom stereocenters. The second-order valence-corrected chi connectivity index (χ2v) is 9.85. The molecule has 4 heterocycles. The Morgan fingerprint density at radius 3 is 2.61 bits per heavy atom. The molecule has 6 rings (SSSR count). The van der Waals surface area contributed by atoms with Gasteiger partial charge in [-0.15, -0.1) is 11.3 Å². The zero-order chi connectivity index (χ0) is 21.0. The lowest BCUT2D eigenvalue weighted by Gasteiger charge is -2.12. The Bertz CT molecular complexity index is 1620. The molecular weight excluding hydrogens is 428 g/mol. The summed E-state index contributed by atoms with van der Waals surface area (Å²) >= 11 is 1.59. The van der Waals surface area contributed by atoms with Gasteiger partial charge in [0.05, 0.1) is 26.1 Å². The zero-order valence-electron chi connectivity index (χ0n) is 16.0. The van der Waals surface area contributed by atoms with Crippen LogP contribution in [0.15, 0.2) is 82.9 Å². The van der Waals surface area contributed by atoms with E-state index in [0.717, 1.165) is 38.1 Å². The summed E-state index contributed by atoms with van der Waals surface area (Å²) in [6, 6.07) is 15.0. The van der Waals surface area contributed by atoms with E-state index in [-0.39, 0.29) is 4.90 Å². The molecule has 0 radical (unpaired) electrons. The number of hydrogen-bond acceptors (Lipinski definition) is 7. The molecule has 8 heteroatoms. The van der Waals surface area contributed by atoms with Crippen LogP contribution < -0.4 is 5.32 Å². The van der Waals surface area contributed by atoms with E-state index in [2.05, 4.69) is 20.3 Å². The van der Waals surface area contributed by atoms with Crippen molar-refractivity contribution in [3.63, 3.8) is 0 Å². The highest BCUT2D eigenvalue weighted by Crippen LogP contribution is 2.40. The van der Waals surface area contributed by atoms with Crippen LogP contribution in [0.25, 0.3) is 26.7 Å². The predicted octanol–water partition coefficient (Wildman–Crippen LogP) is 5.16. The van der Waals surface area contributed by atoms with Gasteiger partial charge >= 0.3 is 0 Å². The minimum absolute atomic E-state index is 0.290. The molecular formula is C23H14N4O2S2. The highest BCUT2D eigenvalue weighted by atomic mass is 32.2. The van der Waals surface area contributed by atoms with Crippen molar-refractivity contribution in [1.29, 1.82) is 0 Å². The average Bonchev–Trinajstić information content (AvgIpc) is 3.35. The summed E-state index contributed by atoms with van der Waals surface area (Å²) in [4.78, 5) is 13.2. The van der Waals surface area contributed by atoms with E-state index in [4.69, 9.17) is 0 Å². The first-order valence-electron chi connectivity index (χ1n) is 9.49. The fraction of sp³-hybridized carbons (Fsp3) is 0. The molecule has 0 amide bonds. The van der Waals surface area contributed by atoms with Crippen molar-refractivity contribution in [2.45, 2.75) is 4.90 Å². The van der Waals surface area contributed by atoms with Crippen LogP contribution in [-0.4, -0.2) is 23.4 Å². The Morgan fingerprint density at radius 1 is 0.871 bits per heavy atom. The Labute approximate surface area is 181 Å². The van der Waals surface area contributed by atoms with E-state index in [1.807, 2.05) is 35.8 Å². The van der Waals surface area contributed by atoms with Crippen molar-refractivity contribution in [3.8, 4) is 0 Å². The first kappa shape index (κ1) is 18.2. The van der Waals surface area contributed by atoms with Crippen molar-refractivity contribution < 1.29 is 8.42 Å². The molecule has 1 aliphatic rings. The fourth-order valence-corrected chi connectivity index (χ4v) is 5.97. The Hall–Kier alpha value is -3.62. The second-order valence-electron chi connectivity index (χ2n) is 7.20. The van der Waals surface area contributed by atoms with Crippen molar-refractivity contribution in [1.82, 2.24) is 15.0 Å². The maximum atomic E-state index is 12.9. The number of pyridine rings is 2. The average molecular weight is 443 g/mol. The molecule has 0 aliphatic carbocycles. The Morgan fingerprint density at radius 2 is 1.74 bits per heavy atom. The number of fused-ring (bicyclic) bond motifs is 3. The SMILES string of the molecule is O=S1(=O)C=C(c2ccncc2)c2cc3nccc(Nc4ccc5scnc5c4)c3cc21. The molecule has 3 aromatic heterocycles. The maximum Gasteiger partial charge on any atom is 0.201 e. The molecule has 6 nitrogen and oxygen atoms in total. The van der Waals surface area contributed by atoms with Crippen LogP contribution in [0.3, 0.4) is 0 Å². The highest BCUT2D eigenvalue weighted by Gasteiger charge is 2.29. The Kier molecular flexibility index (Phi) is 3.92. The van der Waals surface area contributed by atoms with Crippen LogP contribution in [0.5, 0.6) is 0 Å². The first-order chi connectivity index (χ1) is 15.1. The topological polar surface area (TPSA) is 84.8 Å². The molecule has 0 spiro atoms. The van der Waals surface area contributed by atoms with Crippen molar-refractivity contribution in [2.24, 2.45) is 0 Å². The molecule has 2 aromatic carbocycles. The molecule has 150 valence electrons. The van der Waals surface area contributed by atoms with Gasteiger partial charge in [-0.3, -0.25) is 9.97 Å². The third kappa shape index (κ3) is 2.99. The number of benzene rings is 2. The predicted molar refractivity (Wildman–Crippen MR) is 123 cm³/mol. The lowest BCUT2D eigenvalue weighted by molar-refractivity contribution is 0.605. The lowest BCUT2D eigenvalue weighted by Crippen LogP contribution is -1.97. The quantitative estimate of drug-likeness (QED) is 0.415. The summed E-state index contributed by atoms with van der Waals surface area (Å²) in [7, 11) is -3.55. The van der Waals surface area contributed by atoms with Gasteiger partial charge in [-0.25, -0.2) is 13.4 Å². The maximum absolute atomic E-state index is 12.9. The van der Waals surface area contributed by atoms with Gasteiger partial charge in [-0.1, -0.05) is 0 Å². The molecule has 1 N–H and O–H groups in total. The molecule has 31 heavy (non-hydrogen) atoms. The van der Waals surface area contributed by atoms with Crippen molar-refractivity contribution >= 4 is 59.2 Å². The van der Waals surface area contributed by atoms with Gasteiger partial charge < -0.3 is 5.32 Å². The fourth-order valence-electron chi connectivity index (χ4n) is 3.86. The standard InChI is InChI=1S/C23H14N4O2S2/c28-31(29)12-18(14-3-6-24-7-4-14)16-10-20-17(11-23(16)31)19(5-8-25-20)27-15-1-2-22-21(9-15)26-13-30-22/h1-13H,(H,25,27). The van der Waals surface area contributed by atoms with E-state index in [0.29, 0.717) is 11.1 Å².